The Morgan fingerprint density at radius 1 is 0.568 bits per heavy atom. The van der Waals surface area contributed by atoms with Gasteiger partial charge in [-0.25, -0.2) is 9.36 Å². The van der Waals surface area contributed by atoms with Gasteiger partial charge in [0, 0.05) is 45.8 Å². The van der Waals surface area contributed by atoms with Crippen molar-refractivity contribution in [2.45, 2.75) is 19.8 Å². The van der Waals surface area contributed by atoms with Crippen LogP contribution < -0.4 is 0 Å². The van der Waals surface area contributed by atoms with Crippen molar-refractivity contribution in [1.29, 1.82) is 0 Å². The van der Waals surface area contributed by atoms with Crippen molar-refractivity contribution in [3.05, 3.63) is 156 Å². The third-order valence-electron chi connectivity index (χ3n) is 8.00. The highest BCUT2D eigenvalue weighted by Gasteiger charge is 2.27. The van der Waals surface area contributed by atoms with Gasteiger partial charge in [0.25, 0.3) is 0 Å². The molecule has 44 heavy (non-hydrogen) atoms. The van der Waals surface area contributed by atoms with Gasteiger partial charge in [-0.1, -0.05) is 104 Å². The molecule has 0 saturated heterocycles. The number of nitrogens with zero attached hydrogens (tertiary/aromatic N) is 4. The summed E-state index contributed by atoms with van der Waals surface area (Å²) in [6.45, 7) is 2.21. The van der Waals surface area contributed by atoms with Crippen LogP contribution in [0.3, 0.4) is 0 Å². The molecule has 2 heterocycles. The number of rotatable bonds is 6. The second-order valence-corrected chi connectivity index (χ2v) is 11.3. The van der Waals surface area contributed by atoms with Crippen LogP contribution in [0.4, 0.5) is 0 Å². The number of ketones is 1. The van der Waals surface area contributed by atoms with E-state index in [1.807, 2.05) is 131 Å². The zero-order chi connectivity index (χ0) is 29.9. The molecule has 1 aliphatic rings. The number of para-hydroxylation sites is 2. The molecule has 1 unspecified atom stereocenters. The van der Waals surface area contributed by atoms with Crippen LogP contribution in [0.2, 0.25) is 0 Å². The molecule has 4 aromatic carbocycles. The lowest BCUT2D eigenvalue weighted by Crippen LogP contribution is -2.18. The van der Waals surface area contributed by atoms with E-state index < -0.39 is 0 Å². The lowest BCUT2D eigenvalue weighted by Gasteiger charge is -2.22. The number of carbonyl (C=O) groups excluding carboxylic acids is 1. The van der Waals surface area contributed by atoms with Gasteiger partial charge in [-0.15, -0.1) is 0 Å². The first-order valence-corrected chi connectivity index (χ1v) is 15.0. The molecule has 214 valence electrons. The number of allylic oxidation sites excluding steroid dienone is 2. The van der Waals surface area contributed by atoms with E-state index in [-0.39, 0.29) is 5.78 Å². The van der Waals surface area contributed by atoms with Gasteiger partial charge in [-0.2, -0.15) is 10.2 Å². The van der Waals surface area contributed by atoms with Crippen molar-refractivity contribution in [1.82, 2.24) is 19.6 Å². The summed E-state index contributed by atoms with van der Waals surface area (Å²) in [5.74, 6) is 0.403. The highest BCUT2D eigenvalue weighted by atomic mass is 16.1. The molecule has 5 heteroatoms. The third-order valence-corrected chi connectivity index (χ3v) is 8.00. The fraction of sp³-hybridized carbons (Fsp3) is 0.103. The minimum Gasteiger partial charge on any atom is -0.289 e. The van der Waals surface area contributed by atoms with Crippen LogP contribution in [-0.4, -0.2) is 25.3 Å². The van der Waals surface area contributed by atoms with Crippen LogP contribution in [0.25, 0.3) is 46.0 Å². The molecule has 0 N–H and O–H groups in total. The molecule has 7 rings (SSSR count). The third kappa shape index (κ3) is 5.60. The maximum Gasteiger partial charge on any atom is 0.185 e. The van der Waals surface area contributed by atoms with Gasteiger partial charge in [0.05, 0.1) is 22.8 Å². The summed E-state index contributed by atoms with van der Waals surface area (Å²) >= 11 is 0. The average Bonchev–Trinajstić information content (AvgIpc) is 3.70. The topological polar surface area (TPSA) is 52.7 Å². The van der Waals surface area contributed by atoms with E-state index in [0.717, 1.165) is 69.0 Å². The Bertz CT molecular complexity index is 1820. The zero-order valence-electron chi connectivity index (χ0n) is 24.5. The maximum atomic E-state index is 14.1. The van der Waals surface area contributed by atoms with Crippen LogP contribution in [0.15, 0.2) is 145 Å². The summed E-state index contributed by atoms with van der Waals surface area (Å²) in [5.41, 5.74) is 9.15. The standard InChI is InChI=1S/C39H32N4O/c1-28-22-31(24-33-26-42(35-18-10-4-11-19-35)40-37(33)29-14-6-2-7-15-29)39(44)32(23-28)25-34-27-43(36-20-12-5-13-21-36)41-38(34)30-16-8-3-9-17-30/h2-21,24-28H,22-23H2,1H3/b31-24-,32-25+. The molecule has 0 radical (unpaired) electrons. The quantitative estimate of drug-likeness (QED) is 0.187. The summed E-state index contributed by atoms with van der Waals surface area (Å²) in [5, 5.41) is 9.92. The van der Waals surface area contributed by atoms with Crippen molar-refractivity contribution in [2.75, 3.05) is 0 Å². The van der Waals surface area contributed by atoms with Crippen molar-refractivity contribution < 1.29 is 4.79 Å². The zero-order valence-corrected chi connectivity index (χ0v) is 24.5. The van der Waals surface area contributed by atoms with Gasteiger partial charge in [-0.3, -0.25) is 4.79 Å². The molecule has 1 atom stereocenters. The second kappa shape index (κ2) is 12.0. The average molecular weight is 573 g/mol. The fourth-order valence-electron chi connectivity index (χ4n) is 5.89. The normalized spacial score (nSPS) is 16.9. The Morgan fingerprint density at radius 3 is 1.32 bits per heavy atom. The van der Waals surface area contributed by atoms with Gasteiger partial charge in [0.15, 0.2) is 5.78 Å². The monoisotopic (exact) mass is 572 g/mol. The molecule has 1 fully saturated rings. The largest absolute Gasteiger partial charge is 0.289 e. The minimum atomic E-state index is 0.0843. The SMILES string of the molecule is CC1C/C(=C/c2cn(-c3ccccc3)nc2-c2ccccc2)C(=O)/C(=C/c2cn(-c3ccccc3)nc2-c2ccccc2)C1. The van der Waals surface area contributed by atoms with Crippen LogP contribution in [-0.2, 0) is 4.79 Å². The van der Waals surface area contributed by atoms with Gasteiger partial charge in [0.1, 0.15) is 0 Å². The van der Waals surface area contributed by atoms with E-state index in [0.29, 0.717) is 5.92 Å². The molecule has 1 aliphatic carbocycles. The van der Waals surface area contributed by atoms with E-state index in [1.165, 1.54) is 0 Å². The first-order valence-electron chi connectivity index (χ1n) is 15.0. The molecule has 2 aromatic heterocycles. The highest BCUT2D eigenvalue weighted by molar-refractivity contribution is 6.14. The minimum absolute atomic E-state index is 0.0843. The van der Waals surface area contributed by atoms with Crippen molar-refractivity contribution in [3.8, 4) is 33.9 Å². The molecular formula is C39H32N4O. The van der Waals surface area contributed by atoms with Crippen molar-refractivity contribution >= 4 is 17.9 Å². The summed E-state index contributed by atoms with van der Waals surface area (Å²) < 4.78 is 3.79. The van der Waals surface area contributed by atoms with Crippen LogP contribution in [0.5, 0.6) is 0 Å². The van der Waals surface area contributed by atoms with Gasteiger partial charge >= 0.3 is 0 Å². The Kier molecular flexibility index (Phi) is 7.43. The van der Waals surface area contributed by atoms with E-state index in [2.05, 4.69) is 31.2 Å². The summed E-state index contributed by atoms with van der Waals surface area (Å²) in [4.78, 5) is 14.1. The molecule has 0 spiro atoms. The first-order chi connectivity index (χ1) is 21.6. The Balaban J connectivity index is 1.30. The number of aromatic nitrogens is 4. The first kappa shape index (κ1) is 27.3. The van der Waals surface area contributed by atoms with Gasteiger partial charge in [0.2, 0.25) is 0 Å². The smallest absolute Gasteiger partial charge is 0.185 e. The van der Waals surface area contributed by atoms with E-state index in [4.69, 9.17) is 10.2 Å². The molecule has 0 aliphatic heterocycles. The molecule has 0 amide bonds. The molecule has 6 aromatic rings. The predicted molar refractivity (Wildman–Crippen MR) is 177 cm³/mol. The van der Waals surface area contributed by atoms with Crippen LogP contribution in [0.1, 0.15) is 30.9 Å². The fourth-order valence-corrected chi connectivity index (χ4v) is 5.89. The van der Waals surface area contributed by atoms with Gasteiger partial charge < -0.3 is 0 Å². The maximum absolute atomic E-state index is 14.1. The molecule has 0 bridgehead atoms. The van der Waals surface area contributed by atoms with E-state index in [1.54, 1.807) is 0 Å². The number of Topliss-reactive ketones (excluding diaryl/α,β-unsaturated/α-hetero) is 1. The Labute approximate surface area is 257 Å². The van der Waals surface area contributed by atoms with Crippen LogP contribution >= 0.6 is 0 Å². The summed E-state index contributed by atoms with van der Waals surface area (Å²) in [7, 11) is 0. The Morgan fingerprint density at radius 2 is 0.932 bits per heavy atom. The predicted octanol–water partition coefficient (Wildman–Crippen LogP) is 8.86. The van der Waals surface area contributed by atoms with Gasteiger partial charge in [-0.05, 0) is 55.2 Å². The number of hydrogen-bond acceptors (Lipinski definition) is 3. The number of hydrogen-bond donors (Lipinski definition) is 0. The summed E-state index contributed by atoms with van der Waals surface area (Å²) in [6.07, 6.45) is 9.58. The molecule has 5 nitrogen and oxygen atoms in total. The molecular weight excluding hydrogens is 540 g/mol. The lowest BCUT2D eigenvalue weighted by molar-refractivity contribution is -0.113. The van der Waals surface area contributed by atoms with Crippen molar-refractivity contribution in [3.63, 3.8) is 0 Å². The highest BCUT2D eigenvalue weighted by Crippen LogP contribution is 2.35. The van der Waals surface area contributed by atoms with Crippen molar-refractivity contribution in [2.24, 2.45) is 5.92 Å². The molecule has 1 saturated carbocycles. The van der Waals surface area contributed by atoms with E-state index in [9.17, 15) is 4.79 Å². The van der Waals surface area contributed by atoms with E-state index >= 15 is 0 Å². The lowest BCUT2D eigenvalue weighted by atomic mass is 9.80. The Hall–Kier alpha value is -5.55. The summed E-state index contributed by atoms with van der Waals surface area (Å²) in [6, 6.07) is 40.5. The number of benzene rings is 4. The number of carbonyl (C=O) groups is 1. The second-order valence-electron chi connectivity index (χ2n) is 11.3. The van der Waals surface area contributed by atoms with Crippen LogP contribution in [0, 0.1) is 5.92 Å².